The fourth-order valence-electron chi connectivity index (χ4n) is 3.30. The molecule has 0 bridgehead atoms. The lowest BCUT2D eigenvalue weighted by molar-refractivity contribution is -0.137. The summed E-state index contributed by atoms with van der Waals surface area (Å²) in [5.74, 6) is 72.1. The van der Waals surface area contributed by atoms with E-state index >= 15 is 0 Å². The lowest BCUT2D eigenvalue weighted by Crippen LogP contribution is -2.29. The van der Waals surface area contributed by atoms with Gasteiger partial charge < -0.3 is 10.6 Å². The van der Waals surface area contributed by atoms with Crippen molar-refractivity contribution in [2.24, 2.45) is 0 Å². The summed E-state index contributed by atoms with van der Waals surface area (Å²) >= 11 is 0. The first-order chi connectivity index (χ1) is 23.8. The molecule has 0 saturated carbocycles. The summed E-state index contributed by atoms with van der Waals surface area (Å²) in [5, 5.41) is 0. The Morgan fingerprint density at radius 1 is 0.571 bits per heavy atom. The molecule has 1 saturated heterocycles. The van der Waals surface area contributed by atoms with Gasteiger partial charge in [-0.1, -0.05) is 5.92 Å². The Bertz CT molecular complexity index is 2350. The van der Waals surface area contributed by atoms with Crippen LogP contribution in [-0.4, -0.2) is 25.0 Å². The molecule has 0 spiro atoms. The molecule has 1 aliphatic heterocycles. The van der Waals surface area contributed by atoms with Gasteiger partial charge in [0.2, 0.25) is 0 Å². The number of anilines is 1. The van der Waals surface area contributed by atoms with Crippen molar-refractivity contribution < 1.29 is 13.2 Å². The monoisotopic (exact) mass is 634 g/mol. The van der Waals surface area contributed by atoms with Crippen molar-refractivity contribution in [3.63, 3.8) is 0 Å². The van der Waals surface area contributed by atoms with E-state index in [-0.39, 0.29) is 11.6 Å². The lowest BCUT2D eigenvalue weighted by atomic mass is 9.88. The number of nitrogens with zero attached hydrogens (tertiary/aromatic N) is 1. The number of alkyl halides is 3. The summed E-state index contributed by atoms with van der Waals surface area (Å²) in [6.07, 6.45) is 2.37. The van der Waals surface area contributed by atoms with E-state index in [1.807, 2.05) is 7.05 Å². The van der Waals surface area contributed by atoms with Crippen LogP contribution in [0.1, 0.15) is 36.8 Å². The highest BCUT2D eigenvalue weighted by Gasteiger charge is 2.32. The number of nitrogens with two attached hydrogens (primary N) is 1. The van der Waals surface area contributed by atoms with Gasteiger partial charge in [-0.25, -0.2) is 0 Å². The molecule has 1 heterocycles. The predicted molar refractivity (Wildman–Crippen MR) is 189 cm³/mol. The van der Waals surface area contributed by atoms with Crippen molar-refractivity contribution in [3.8, 4) is 178 Å². The van der Waals surface area contributed by atoms with Gasteiger partial charge in [-0.15, -0.1) is 6.42 Å². The summed E-state index contributed by atoms with van der Waals surface area (Å²) in [6, 6.07) is 3.91. The van der Waals surface area contributed by atoms with Crippen molar-refractivity contribution in [3.05, 3.63) is 29.3 Å². The normalized spacial score (nSPS) is 9.47. The third-order valence-corrected chi connectivity index (χ3v) is 5.32. The van der Waals surface area contributed by atoms with E-state index in [4.69, 9.17) is 12.2 Å². The molecule has 0 amide bonds. The highest BCUT2D eigenvalue weighted by molar-refractivity contribution is 5.49. The van der Waals surface area contributed by atoms with Gasteiger partial charge in [0.1, 0.15) is 0 Å². The SMILES string of the molecule is C#CC#CC#CC#CC#CC#CC#CC#CC#CC#CC#CC#CC#CC#CC#CC.CN1CCC(c2cc(N)cc(C(F)(F)F)c2)CC1. The third kappa shape index (κ3) is 21.5. The standard InChI is InChI=1S/C31H4.C13H17F3N2/c1-3-5-7-9-11-13-15-17-19-21-23-25-27-29-31-30-28-26-24-22-20-18-16-14-12-10-8-6-4-2;1-18-4-2-9(3-5-18)10-6-11(13(14,15)16)8-12(17)7-10/h1H,2H3;6-9H,2-5,17H2,1H3. The molecule has 0 aromatic heterocycles. The zero-order valence-electron chi connectivity index (χ0n) is 26.4. The predicted octanol–water partition coefficient (Wildman–Crippen LogP) is 3.78. The first-order valence-corrected chi connectivity index (χ1v) is 13.8. The Kier molecular flexibility index (Phi) is 20.4. The van der Waals surface area contributed by atoms with E-state index in [0.29, 0.717) is 0 Å². The highest BCUT2D eigenvalue weighted by atomic mass is 19.4. The summed E-state index contributed by atoms with van der Waals surface area (Å²) in [5.41, 5.74) is 5.85. The number of nitrogen functional groups attached to an aromatic ring is 1. The van der Waals surface area contributed by atoms with E-state index in [0.717, 1.165) is 37.6 Å². The molecule has 1 fully saturated rings. The maximum absolute atomic E-state index is 12.7. The van der Waals surface area contributed by atoms with Gasteiger partial charge in [-0.3, -0.25) is 0 Å². The second-order valence-corrected chi connectivity index (χ2v) is 8.73. The molecule has 1 aromatic carbocycles. The van der Waals surface area contributed by atoms with Crippen LogP contribution in [-0.2, 0) is 6.18 Å². The van der Waals surface area contributed by atoms with Gasteiger partial charge in [0.15, 0.2) is 0 Å². The van der Waals surface area contributed by atoms with Crippen LogP contribution in [0.25, 0.3) is 0 Å². The van der Waals surface area contributed by atoms with Crippen molar-refractivity contribution >= 4 is 5.69 Å². The van der Waals surface area contributed by atoms with Gasteiger partial charge >= 0.3 is 6.18 Å². The quantitative estimate of drug-likeness (QED) is 0.377. The van der Waals surface area contributed by atoms with Crippen LogP contribution in [0.15, 0.2) is 18.2 Å². The van der Waals surface area contributed by atoms with Gasteiger partial charge in [0.05, 0.1) is 5.56 Å². The molecule has 5 heteroatoms. The lowest BCUT2D eigenvalue weighted by Gasteiger charge is -2.29. The first kappa shape index (κ1) is 39.2. The van der Waals surface area contributed by atoms with E-state index in [1.165, 1.54) is 6.07 Å². The molecule has 0 unspecified atom stereocenters. The minimum Gasteiger partial charge on any atom is -0.399 e. The zero-order valence-corrected chi connectivity index (χ0v) is 26.4. The third-order valence-electron chi connectivity index (χ3n) is 5.32. The summed E-state index contributed by atoms with van der Waals surface area (Å²) in [4.78, 5) is 2.19. The number of piperidine rings is 1. The van der Waals surface area contributed by atoms with Crippen molar-refractivity contribution in [1.82, 2.24) is 4.90 Å². The van der Waals surface area contributed by atoms with E-state index < -0.39 is 11.7 Å². The molecular formula is C44H21F3N2. The fraction of sp³-hybridized carbons (Fsp3) is 0.182. The minimum absolute atomic E-state index is 0.186. The molecule has 2 rings (SSSR count). The van der Waals surface area contributed by atoms with Gasteiger partial charge in [0.25, 0.3) is 0 Å². The second kappa shape index (κ2) is 25.5. The van der Waals surface area contributed by atoms with E-state index in [9.17, 15) is 13.2 Å². The fourth-order valence-corrected chi connectivity index (χ4v) is 3.30. The van der Waals surface area contributed by atoms with E-state index in [1.54, 1.807) is 13.0 Å². The molecule has 0 radical (unpaired) electrons. The van der Waals surface area contributed by atoms with Crippen molar-refractivity contribution in [2.45, 2.75) is 31.9 Å². The number of hydrogen-bond acceptors (Lipinski definition) is 2. The number of likely N-dealkylation sites (tertiary alicyclic amines) is 1. The molecule has 1 aromatic rings. The molecular weight excluding hydrogens is 613 g/mol. The summed E-state index contributed by atoms with van der Waals surface area (Å²) < 4.78 is 38.1. The Balaban J connectivity index is 0.000000558. The largest absolute Gasteiger partial charge is 0.416 e. The van der Waals surface area contributed by atoms with Crippen LogP contribution in [0, 0.1) is 178 Å². The molecule has 2 N–H and O–H groups in total. The minimum atomic E-state index is -4.32. The highest BCUT2D eigenvalue weighted by Crippen LogP contribution is 2.35. The zero-order chi connectivity index (χ0) is 35.8. The smallest absolute Gasteiger partial charge is 0.399 e. The number of hydrogen-bond donors (Lipinski definition) is 1. The number of halogens is 3. The topological polar surface area (TPSA) is 29.3 Å². The van der Waals surface area contributed by atoms with Crippen molar-refractivity contribution in [1.29, 1.82) is 0 Å². The average Bonchev–Trinajstić information content (AvgIpc) is 3.08. The molecule has 1 aliphatic rings. The second-order valence-electron chi connectivity index (χ2n) is 8.73. The van der Waals surface area contributed by atoms with E-state index in [2.05, 4.69) is 177 Å². The number of rotatable bonds is 1. The summed E-state index contributed by atoms with van der Waals surface area (Å²) in [7, 11) is 2.02. The number of benzene rings is 1. The molecule has 228 valence electrons. The molecule has 49 heavy (non-hydrogen) atoms. The Morgan fingerprint density at radius 2 is 0.898 bits per heavy atom. The maximum Gasteiger partial charge on any atom is 0.416 e. The Labute approximate surface area is 288 Å². The number of terminal acetylenes is 1. The van der Waals surface area contributed by atoms with Gasteiger partial charge in [-0.2, -0.15) is 13.2 Å². The molecule has 0 aliphatic carbocycles. The molecule has 0 atom stereocenters. The van der Waals surface area contributed by atoms with Crippen LogP contribution in [0.5, 0.6) is 0 Å². The van der Waals surface area contributed by atoms with Crippen molar-refractivity contribution in [2.75, 3.05) is 25.9 Å². The Morgan fingerprint density at radius 3 is 1.20 bits per heavy atom. The molecule has 2 nitrogen and oxygen atoms in total. The Hall–Kier alpha value is -7.83. The van der Waals surface area contributed by atoms with Crippen LogP contribution in [0.4, 0.5) is 18.9 Å². The summed E-state index contributed by atoms with van der Waals surface area (Å²) in [6.45, 7) is 3.53. The van der Waals surface area contributed by atoms with Crippen LogP contribution < -0.4 is 5.73 Å². The van der Waals surface area contributed by atoms with Gasteiger partial charge in [0, 0.05) is 76.7 Å². The van der Waals surface area contributed by atoms with Crippen LogP contribution >= 0.6 is 0 Å². The van der Waals surface area contributed by atoms with Crippen LogP contribution in [0.3, 0.4) is 0 Å². The van der Waals surface area contributed by atoms with Crippen LogP contribution in [0.2, 0.25) is 0 Å². The average molecular weight is 635 g/mol. The van der Waals surface area contributed by atoms with Gasteiger partial charge in [-0.05, 0) is 164 Å². The first-order valence-electron chi connectivity index (χ1n) is 13.8. The maximum atomic E-state index is 12.7.